The Morgan fingerprint density at radius 2 is 0.833 bits per heavy atom. The van der Waals surface area contributed by atoms with E-state index < -0.39 is 0 Å². The molecule has 0 unspecified atom stereocenters. The van der Waals surface area contributed by atoms with Crippen LogP contribution in [0.2, 0.25) is 0 Å². The van der Waals surface area contributed by atoms with E-state index in [4.69, 9.17) is 0 Å². The second kappa shape index (κ2) is 12.1. The normalized spacial score (nSPS) is 9.38. The molecule has 24 heavy (non-hydrogen) atoms. The smallest absolute Gasteiger partial charge is 0.0130 e. The molecule has 0 bridgehead atoms. The summed E-state index contributed by atoms with van der Waals surface area (Å²) >= 11 is 0. The van der Waals surface area contributed by atoms with Gasteiger partial charge in [-0.2, -0.15) is 0 Å². The Hall–Kier alpha value is -2.34. The van der Waals surface area contributed by atoms with E-state index in [0.29, 0.717) is 5.92 Å². The summed E-state index contributed by atoms with van der Waals surface area (Å²) in [7, 11) is 0. The van der Waals surface area contributed by atoms with Gasteiger partial charge in [-0.1, -0.05) is 119 Å². The van der Waals surface area contributed by atoms with Crippen LogP contribution in [-0.2, 0) is 6.42 Å². The molecule has 0 radical (unpaired) electrons. The standard InChI is InChI=1S/C20H18.2C2H6/c1-4-10-17(11-5-1)16-20(18-12-6-2-7-13-18)19-14-8-3-9-15-19;2*1-2/h1-15,20H,16H2;2*1-2H3. The molecule has 0 fully saturated rings. The molecular weight excluding hydrogens is 288 g/mol. The molecule has 0 aliphatic carbocycles. The van der Waals surface area contributed by atoms with Crippen LogP contribution in [0, 0.1) is 0 Å². The zero-order valence-corrected chi connectivity index (χ0v) is 15.4. The van der Waals surface area contributed by atoms with Gasteiger partial charge in [0.1, 0.15) is 0 Å². The third-order valence-electron chi connectivity index (χ3n) is 3.69. The fourth-order valence-corrected chi connectivity index (χ4v) is 2.65. The molecule has 0 saturated heterocycles. The van der Waals surface area contributed by atoms with Crippen molar-refractivity contribution in [3.05, 3.63) is 108 Å². The Morgan fingerprint density at radius 3 is 1.21 bits per heavy atom. The average molecular weight is 319 g/mol. The summed E-state index contributed by atoms with van der Waals surface area (Å²) in [6, 6.07) is 32.2. The topological polar surface area (TPSA) is 0 Å². The lowest BCUT2D eigenvalue weighted by molar-refractivity contribution is 0.805. The van der Waals surface area contributed by atoms with Crippen molar-refractivity contribution in [2.75, 3.05) is 0 Å². The van der Waals surface area contributed by atoms with Crippen LogP contribution in [-0.4, -0.2) is 0 Å². The van der Waals surface area contributed by atoms with Gasteiger partial charge >= 0.3 is 0 Å². The van der Waals surface area contributed by atoms with E-state index in [1.165, 1.54) is 16.7 Å². The van der Waals surface area contributed by atoms with Crippen LogP contribution < -0.4 is 0 Å². The van der Waals surface area contributed by atoms with E-state index in [1.807, 2.05) is 27.7 Å². The van der Waals surface area contributed by atoms with Crippen LogP contribution in [0.5, 0.6) is 0 Å². The van der Waals surface area contributed by atoms with Gasteiger partial charge in [0.2, 0.25) is 0 Å². The molecule has 0 aliphatic heterocycles. The van der Waals surface area contributed by atoms with Crippen molar-refractivity contribution < 1.29 is 0 Å². The van der Waals surface area contributed by atoms with E-state index in [1.54, 1.807) is 0 Å². The third kappa shape index (κ3) is 6.04. The van der Waals surface area contributed by atoms with Gasteiger partial charge in [-0.25, -0.2) is 0 Å². The number of benzene rings is 3. The molecule has 0 saturated carbocycles. The van der Waals surface area contributed by atoms with Gasteiger partial charge in [0.15, 0.2) is 0 Å². The maximum absolute atomic E-state index is 2.22. The first-order chi connectivity index (χ1) is 11.9. The first-order valence-corrected chi connectivity index (χ1v) is 9.07. The molecule has 0 heteroatoms. The zero-order chi connectivity index (χ0) is 17.6. The lowest BCUT2D eigenvalue weighted by Gasteiger charge is -2.18. The van der Waals surface area contributed by atoms with Crippen LogP contribution in [0.25, 0.3) is 0 Å². The largest absolute Gasteiger partial charge is 0.0683 e. The quantitative estimate of drug-likeness (QED) is 0.480. The van der Waals surface area contributed by atoms with Crippen LogP contribution in [0.15, 0.2) is 91.0 Å². The molecular formula is C24H30. The Kier molecular flexibility index (Phi) is 9.96. The van der Waals surface area contributed by atoms with Gasteiger partial charge in [-0.15, -0.1) is 0 Å². The molecule has 0 heterocycles. The SMILES string of the molecule is CC.CC.c1ccc(CC(c2ccccc2)c2ccccc2)cc1. The van der Waals surface area contributed by atoms with Crippen LogP contribution in [0.4, 0.5) is 0 Å². The van der Waals surface area contributed by atoms with Crippen molar-refractivity contribution in [2.45, 2.75) is 40.0 Å². The van der Waals surface area contributed by atoms with E-state index in [9.17, 15) is 0 Å². The first kappa shape index (κ1) is 19.7. The van der Waals surface area contributed by atoms with Gasteiger partial charge < -0.3 is 0 Å². The highest BCUT2D eigenvalue weighted by atomic mass is 14.2. The molecule has 0 nitrogen and oxygen atoms in total. The van der Waals surface area contributed by atoms with Crippen LogP contribution in [0.1, 0.15) is 50.3 Å². The second-order valence-electron chi connectivity index (χ2n) is 5.06. The molecule has 0 aromatic heterocycles. The minimum absolute atomic E-state index is 0.416. The Labute approximate surface area is 148 Å². The molecule has 3 aromatic rings. The van der Waals surface area contributed by atoms with Gasteiger partial charge in [0, 0.05) is 5.92 Å². The molecule has 0 N–H and O–H groups in total. The van der Waals surface area contributed by atoms with E-state index in [0.717, 1.165) is 6.42 Å². The molecule has 126 valence electrons. The highest BCUT2D eigenvalue weighted by Gasteiger charge is 2.14. The van der Waals surface area contributed by atoms with Crippen molar-refractivity contribution in [1.29, 1.82) is 0 Å². The average Bonchev–Trinajstić information content (AvgIpc) is 2.71. The number of hydrogen-bond acceptors (Lipinski definition) is 0. The van der Waals surface area contributed by atoms with E-state index in [-0.39, 0.29) is 0 Å². The van der Waals surface area contributed by atoms with Crippen molar-refractivity contribution >= 4 is 0 Å². The van der Waals surface area contributed by atoms with E-state index >= 15 is 0 Å². The number of hydrogen-bond donors (Lipinski definition) is 0. The fourth-order valence-electron chi connectivity index (χ4n) is 2.65. The van der Waals surface area contributed by atoms with E-state index in [2.05, 4.69) is 91.0 Å². The summed E-state index contributed by atoms with van der Waals surface area (Å²) in [6.45, 7) is 8.00. The monoisotopic (exact) mass is 318 g/mol. The fraction of sp³-hybridized carbons (Fsp3) is 0.250. The van der Waals surface area contributed by atoms with Crippen LogP contribution in [0.3, 0.4) is 0 Å². The lowest BCUT2D eigenvalue weighted by Crippen LogP contribution is -2.04. The first-order valence-electron chi connectivity index (χ1n) is 9.07. The zero-order valence-electron chi connectivity index (χ0n) is 15.4. The Bertz CT molecular complexity index is 587. The molecule has 0 spiro atoms. The summed E-state index contributed by atoms with van der Waals surface area (Å²) in [6.07, 6.45) is 1.04. The lowest BCUT2D eigenvalue weighted by atomic mass is 9.86. The van der Waals surface area contributed by atoms with Gasteiger partial charge in [0.05, 0.1) is 0 Å². The summed E-state index contributed by atoms with van der Waals surface area (Å²) in [4.78, 5) is 0. The van der Waals surface area contributed by atoms with Crippen LogP contribution >= 0.6 is 0 Å². The van der Waals surface area contributed by atoms with Crippen molar-refractivity contribution in [3.8, 4) is 0 Å². The Morgan fingerprint density at radius 1 is 0.500 bits per heavy atom. The van der Waals surface area contributed by atoms with Crippen molar-refractivity contribution in [3.63, 3.8) is 0 Å². The molecule has 3 aromatic carbocycles. The minimum atomic E-state index is 0.416. The Balaban J connectivity index is 0.000000671. The highest BCUT2D eigenvalue weighted by molar-refractivity contribution is 5.34. The third-order valence-corrected chi connectivity index (χ3v) is 3.69. The molecule has 0 aliphatic rings. The summed E-state index contributed by atoms with van der Waals surface area (Å²) < 4.78 is 0. The molecule has 0 atom stereocenters. The predicted octanol–water partition coefficient (Wildman–Crippen LogP) is 7.11. The molecule has 3 rings (SSSR count). The summed E-state index contributed by atoms with van der Waals surface area (Å²) in [5.74, 6) is 0.416. The second-order valence-corrected chi connectivity index (χ2v) is 5.06. The van der Waals surface area contributed by atoms with Gasteiger partial charge in [0.25, 0.3) is 0 Å². The van der Waals surface area contributed by atoms with Crippen molar-refractivity contribution in [2.24, 2.45) is 0 Å². The summed E-state index contributed by atoms with van der Waals surface area (Å²) in [5.41, 5.74) is 4.13. The summed E-state index contributed by atoms with van der Waals surface area (Å²) in [5, 5.41) is 0. The highest BCUT2D eigenvalue weighted by Crippen LogP contribution is 2.28. The molecule has 0 amide bonds. The number of rotatable bonds is 4. The maximum atomic E-state index is 2.22. The maximum Gasteiger partial charge on any atom is 0.0130 e. The van der Waals surface area contributed by atoms with Gasteiger partial charge in [-0.05, 0) is 23.1 Å². The van der Waals surface area contributed by atoms with Crippen molar-refractivity contribution in [1.82, 2.24) is 0 Å². The van der Waals surface area contributed by atoms with Gasteiger partial charge in [-0.3, -0.25) is 0 Å². The minimum Gasteiger partial charge on any atom is -0.0683 e. The predicted molar refractivity (Wildman–Crippen MR) is 108 cm³/mol.